The van der Waals surface area contributed by atoms with Crippen LogP contribution >= 0.6 is 0 Å². The summed E-state index contributed by atoms with van der Waals surface area (Å²) in [5.74, 6) is 1.44. The lowest BCUT2D eigenvalue weighted by Crippen LogP contribution is -2.01. The molecule has 2 aromatic rings. The molecule has 2 nitrogen and oxygen atoms in total. The Morgan fingerprint density at radius 1 is 1.11 bits per heavy atom. The van der Waals surface area contributed by atoms with Crippen LogP contribution in [-0.4, -0.2) is 0 Å². The van der Waals surface area contributed by atoms with Gasteiger partial charge in [0, 0.05) is 11.3 Å². The van der Waals surface area contributed by atoms with Gasteiger partial charge in [-0.25, -0.2) is 0 Å². The highest BCUT2D eigenvalue weighted by molar-refractivity contribution is 5.46. The van der Waals surface area contributed by atoms with E-state index in [1.807, 2.05) is 24.3 Å². The van der Waals surface area contributed by atoms with Gasteiger partial charge in [0.1, 0.15) is 12.4 Å². The van der Waals surface area contributed by atoms with E-state index < -0.39 is 0 Å². The highest BCUT2D eigenvalue weighted by atomic mass is 16.5. The second-order valence-electron chi connectivity index (χ2n) is 5.17. The second-order valence-corrected chi connectivity index (χ2v) is 5.17. The fraction of sp³-hybridized carbons (Fsp3) is 0.294. The molecule has 0 aliphatic carbocycles. The van der Waals surface area contributed by atoms with E-state index in [2.05, 4.69) is 39.0 Å². The summed E-state index contributed by atoms with van der Waals surface area (Å²) in [4.78, 5) is 0. The van der Waals surface area contributed by atoms with Crippen molar-refractivity contribution in [1.29, 1.82) is 0 Å². The maximum absolute atomic E-state index is 5.92. The summed E-state index contributed by atoms with van der Waals surface area (Å²) in [6.45, 7) is 6.94. The van der Waals surface area contributed by atoms with E-state index in [1.165, 1.54) is 5.56 Å². The van der Waals surface area contributed by atoms with E-state index >= 15 is 0 Å². The van der Waals surface area contributed by atoms with Crippen LogP contribution in [-0.2, 0) is 6.61 Å². The first kappa shape index (κ1) is 13.5. The quantitative estimate of drug-likeness (QED) is 0.828. The predicted octanol–water partition coefficient (Wildman–Crippen LogP) is 4.28. The molecule has 0 radical (unpaired) electrons. The number of nitrogen functional groups attached to an aromatic ring is 1. The fourth-order valence-electron chi connectivity index (χ4n) is 1.95. The molecule has 0 amide bonds. The van der Waals surface area contributed by atoms with Gasteiger partial charge in [-0.15, -0.1) is 0 Å². The van der Waals surface area contributed by atoms with Crippen molar-refractivity contribution in [2.45, 2.75) is 33.3 Å². The van der Waals surface area contributed by atoms with E-state index in [4.69, 9.17) is 10.5 Å². The van der Waals surface area contributed by atoms with E-state index in [-0.39, 0.29) is 0 Å². The Morgan fingerprint density at radius 3 is 2.53 bits per heavy atom. The maximum Gasteiger partial charge on any atom is 0.123 e. The van der Waals surface area contributed by atoms with E-state index in [9.17, 15) is 0 Å². The Hall–Kier alpha value is -1.96. The van der Waals surface area contributed by atoms with Crippen LogP contribution in [0.4, 0.5) is 5.69 Å². The van der Waals surface area contributed by atoms with E-state index in [0.717, 1.165) is 22.6 Å². The monoisotopic (exact) mass is 255 g/mol. The minimum Gasteiger partial charge on any atom is -0.489 e. The van der Waals surface area contributed by atoms with Gasteiger partial charge in [-0.1, -0.05) is 44.2 Å². The summed E-state index contributed by atoms with van der Waals surface area (Å²) in [6.07, 6.45) is 0. The zero-order valence-corrected chi connectivity index (χ0v) is 11.8. The molecule has 0 aliphatic rings. The number of aryl methyl sites for hydroxylation is 1. The molecule has 0 aromatic heterocycles. The molecule has 0 atom stereocenters. The summed E-state index contributed by atoms with van der Waals surface area (Å²) in [5.41, 5.74) is 10.2. The van der Waals surface area contributed by atoms with Gasteiger partial charge < -0.3 is 10.5 Å². The van der Waals surface area contributed by atoms with Crippen molar-refractivity contribution in [2.75, 3.05) is 5.73 Å². The summed E-state index contributed by atoms with van der Waals surface area (Å²) in [6, 6.07) is 14.2. The molecule has 0 heterocycles. The number of para-hydroxylation sites is 1. The largest absolute Gasteiger partial charge is 0.489 e. The first-order valence-corrected chi connectivity index (χ1v) is 6.64. The van der Waals surface area contributed by atoms with Crippen LogP contribution in [0, 0.1) is 6.92 Å². The molecule has 0 saturated carbocycles. The smallest absolute Gasteiger partial charge is 0.123 e. The van der Waals surface area contributed by atoms with Gasteiger partial charge in [-0.05, 0) is 36.1 Å². The molecule has 0 unspecified atom stereocenters. The minimum absolute atomic E-state index is 0.504. The zero-order valence-electron chi connectivity index (χ0n) is 11.8. The highest BCUT2D eigenvalue weighted by Gasteiger charge is 2.06. The van der Waals surface area contributed by atoms with Crippen molar-refractivity contribution in [1.82, 2.24) is 0 Å². The predicted molar refractivity (Wildman–Crippen MR) is 80.5 cm³/mol. The summed E-state index contributed by atoms with van der Waals surface area (Å²) >= 11 is 0. The molecule has 100 valence electrons. The first-order valence-electron chi connectivity index (χ1n) is 6.64. The molecular weight excluding hydrogens is 234 g/mol. The van der Waals surface area contributed by atoms with Crippen LogP contribution in [0.3, 0.4) is 0 Å². The van der Waals surface area contributed by atoms with Crippen LogP contribution in [0.2, 0.25) is 0 Å². The molecule has 2 rings (SSSR count). The first-order chi connectivity index (χ1) is 9.08. The lowest BCUT2D eigenvalue weighted by atomic mass is 10.0. The standard InChI is InChI=1S/C17H21NO/c1-12(2)14-9-8-13(3)17(10-14)19-11-15-6-4-5-7-16(15)18/h4-10,12H,11,18H2,1-3H3. The fourth-order valence-corrected chi connectivity index (χ4v) is 1.95. The zero-order chi connectivity index (χ0) is 13.8. The van der Waals surface area contributed by atoms with Gasteiger partial charge in [0.05, 0.1) is 0 Å². The molecular formula is C17H21NO. The third-order valence-corrected chi connectivity index (χ3v) is 3.32. The van der Waals surface area contributed by atoms with E-state index in [0.29, 0.717) is 12.5 Å². The maximum atomic E-state index is 5.92. The number of nitrogens with two attached hydrogens (primary N) is 1. The van der Waals surface area contributed by atoms with Gasteiger partial charge in [-0.3, -0.25) is 0 Å². The molecule has 0 spiro atoms. The second kappa shape index (κ2) is 5.79. The molecule has 0 fully saturated rings. The molecule has 2 N–H and O–H groups in total. The van der Waals surface area contributed by atoms with Crippen LogP contribution in [0.25, 0.3) is 0 Å². The molecule has 0 bridgehead atoms. The lowest BCUT2D eigenvalue weighted by molar-refractivity contribution is 0.304. The van der Waals surface area contributed by atoms with Gasteiger partial charge in [-0.2, -0.15) is 0 Å². The van der Waals surface area contributed by atoms with Gasteiger partial charge in [0.2, 0.25) is 0 Å². The van der Waals surface area contributed by atoms with Crippen molar-refractivity contribution in [2.24, 2.45) is 0 Å². The average Bonchev–Trinajstić information content (AvgIpc) is 2.39. The summed E-state index contributed by atoms with van der Waals surface area (Å²) < 4.78 is 5.91. The lowest BCUT2D eigenvalue weighted by Gasteiger charge is -2.13. The average molecular weight is 255 g/mol. The van der Waals surface area contributed by atoms with Crippen LogP contribution in [0.5, 0.6) is 5.75 Å². The van der Waals surface area contributed by atoms with Crippen molar-refractivity contribution in [3.63, 3.8) is 0 Å². The van der Waals surface area contributed by atoms with Crippen LogP contribution in [0.1, 0.15) is 36.5 Å². The van der Waals surface area contributed by atoms with Crippen molar-refractivity contribution in [3.05, 3.63) is 59.2 Å². The molecule has 2 aromatic carbocycles. The number of ether oxygens (including phenoxy) is 1. The Morgan fingerprint density at radius 2 is 1.84 bits per heavy atom. The number of benzene rings is 2. The highest BCUT2D eigenvalue weighted by Crippen LogP contribution is 2.25. The minimum atomic E-state index is 0.504. The van der Waals surface area contributed by atoms with Gasteiger partial charge in [0.25, 0.3) is 0 Å². The topological polar surface area (TPSA) is 35.2 Å². The Bertz CT molecular complexity index is 561. The summed E-state index contributed by atoms with van der Waals surface area (Å²) in [5, 5.41) is 0. The Balaban J connectivity index is 2.15. The number of hydrogen-bond donors (Lipinski definition) is 1. The summed E-state index contributed by atoms with van der Waals surface area (Å²) in [7, 11) is 0. The number of hydrogen-bond acceptors (Lipinski definition) is 2. The SMILES string of the molecule is Cc1ccc(C(C)C)cc1OCc1ccccc1N. The van der Waals surface area contributed by atoms with Crippen molar-refractivity contribution < 1.29 is 4.74 Å². The third kappa shape index (κ3) is 3.28. The Labute approximate surface area is 115 Å². The number of anilines is 1. The normalized spacial score (nSPS) is 10.7. The molecule has 2 heteroatoms. The van der Waals surface area contributed by atoms with Gasteiger partial charge in [0.15, 0.2) is 0 Å². The van der Waals surface area contributed by atoms with E-state index in [1.54, 1.807) is 0 Å². The van der Waals surface area contributed by atoms with Crippen LogP contribution < -0.4 is 10.5 Å². The Kier molecular flexibility index (Phi) is 4.10. The van der Waals surface area contributed by atoms with Crippen LogP contribution in [0.15, 0.2) is 42.5 Å². The number of rotatable bonds is 4. The van der Waals surface area contributed by atoms with Crippen molar-refractivity contribution in [3.8, 4) is 5.75 Å². The van der Waals surface area contributed by atoms with Crippen molar-refractivity contribution >= 4 is 5.69 Å². The molecule has 0 saturated heterocycles. The third-order valence-electron chi connectivity index (χ3n) is 3.32. The molecule has 0 aliphatic heterocycles. The molecule has 19 heavy (non-hydrogen) atoms. The van der Waals surface area contributed by atoms with Gasteiger partial charge >= 0.3 is 0 Å².